The summed E-state index contributed by atoms with van der Waals surface area (Å²) < 4.78 is 11.6. The van der Waals surface area contributed by atoms with E-state index in [1.165, 1.54) is 19.5 Å². The van der Waals surface area contributed by atoms with Crippen molar-refractivity contribution in [2.75, 3.05) is 7.11 Å². The molecule has 146 valence electrons. The molecule has 1 N–H and O–H groups in total. The first-order chi connectivity index (χ1) is 14.1. The average molecular weight is 501 g/mol. The van der Waals surface area contributed by atoms with E-state index in [9.17, 15) is 9.59 Å². The van der Waals surface area contributed by atoms with Crippen molar-refractivity contribution in [1.29, 1.82) is 0 Å². The van der Waals surface area contributed by atoms with Crippen LogP contribution in [0.4, 0.5) is 0 Å². The lowest BCUT2D eigenvalue weighted by atomic mass is 10.2. The number of carbonyl (C=O) groups is 2. The van der Waals surface area contributed by atoms with Gasteiger partial charge in [-0.2, -0.15) is 5.10 Å². The largest absolute Gasteiger partial charge is 0.493 e. The van der Waals surface area contributed by atoms with E-state index >= 15 is 0 Å². The van der Waals surface area contributed by atoms with Crippen LogP contribution in [0, 0.1) is 3.57 Å². The molecular weight excluding hydrogens is 485 g/mol. The van der Waals surface area contributed by atoms with Gasteiger partial charge in [-0.1, -0.05) is 12.1 Å². The lowest BCUT2D eigenvalue weighted by Crippen LogP contribution is -2.17. The molecule has 7 nitrogen and oxygen atoms in total. The number of halogens is 1. The molecule has 0 bridgehead atoms. The van der Waals surface area contributed by atoms with E-state index in [4.69, 9.17) is 9.47 Å². The highest BCUT2D eigenvalue weighted by atomic mass is 127. The second-order valence-electron chi connectivity index (χ2n) is 5.72. The second kappa shape index (κ2) is 9.78. The van der Waals surface area contributed by atoms with Crippen LogP contribution >= 0.6 is 22.6 Å². The number of nitrogens with zero attached hydrogens (tertiary/aromatic N) is 2. The average Bonchev–Trinajstić information content (AvgIpc) is 2.75. The number of hydrogen-bond acceptors (Lipinski definition) is 6. The highest BCUT2D eigenvalue weighted by Gasteiger charge is 2.15. The molecule has 0 radical (unpaired) electrons. The third-order valence-electron chi connectivity index (χ3n) is 3.79. The van der Waals surface area contributed by atoms with E-state index < -0.39 is 5.97 Å². The molecule has 3 aromatic rings. The van der Waals surface area contributed by atoms with E-state index in [1.807, 2.05) is 12.1 Å². The van der Waals surface area contributed by atoms with Gasteiger partial charge in [0.25, 0.3) is 5.91 Å². The Morgan fingerprint density at radius 3 is 2.66 bits per heavy atom. The zero-order valence-corrected chi connectivity index (χ0v) is 17.5. The van der Waals surface area contributed by atoms with Crippen LogP contribution in [0.5, 0.6) is 11.5 Å². The van der Waals surface area contributed by atoms with Gasteiger partial charge in [0.1, 0.15) is 0 Å². The maximum atomic E-state index is 12.4. The lowest BCUT2D eigenvalue weighted by Gasteiger charge is -2.10. The van der Waals surface area contributed by atoms with Crippen LogP contribution in [0.2, 0.25) is 0 Å². The van der Waals surface area contributed by atoms with Crippen molar-refractivity contribution < 1.29 is 19.1 Å². The Bertz CT molecular complexity index is 1050. The molecule has 0 unspecified atom stereocenters. The van der Waals surface area contributed by atoms with Crippen LogP contribution in [0.3, 0.4) is 0 Å². The monoisotopic (exact) mass is 501 g/mol. The molecule has 0 saturated carbocycles. The Kier molecular flexibility index (Phi) is 6.90. The van der Waals surface area contributed by atoms with Gasteiger partial charge in [-0.25, -0.2) is 10.2 Å². The van der Waals surface area contributed by atoms with Crippen LogP contribution in [0.1, 0.15) is 26.3 Å². The third-order valence-corrected chi connectivity index (χ3v) is 4.73. The van der Waals surface area contributed by atoms with Crippen molar-refractivity contribution in [2.24, 2.45) is 5.10 Å². The van der Waals surface area contributed by atoms with Crippen molar-refractivity contribution in [3.05, 3.63) is 87.3 Å². The fraction of sp³-hybridized carbons (Fsp3) is 0.0476. The third kappa shape index (κ3) is 5.38. The highest BCUT2D eigenvalue weighted by molar-refractivity contribution is 14.1. The quantitative estimate of drug-likeness (QED) is 0.183. The van der Waals surface area contributed by atoms with Gasteiger partial charge < -0.3 is 9.47 Å². The van der Waals surface area contributed by atoms with Crippen molar-refractivity contribution in [3.8, 4) is 11.5 Å². The van der Waals surface area contributed by atoms with Crippen molar-refractivity contribution in [2.45, 2.75) is 0 Å². The minimum atomic E-state index is -0.474. The molecule has 0 aliphatic rings. The van der Waals surface area contributed by atoms with Gasteiger partial charge in [0, 0.05) is 16.0 Å². The number of aromatic nitrogens is 1. The van der Waals surface area contributed by atoms with Crippen LogP contribution in [-0.4, -0.2) is 30.2 Å². The molecular formula is C21H16IN3O4. The number of hydrogen-bond donors (Lipinski definition) is 1. The number of pyridine rings is 1. The lowest BCUT2D eigenvalue weighted by molar-refractivity contribution is 0.0728. The first-order valence-corrected chi connectivity index (χ1v) is 9.54. The maximum Gasteiger partial charge on any atom is 0.344 e. The summed E-state index contributed by atoms with van der Waals surface area (Å²) in [5.41, 5.74) is 3.95. The van der Waals surface area contributed by atoms with Crippen LogP contribution in [0.25, 0.3) is 0 Å². The summed E-state index contributed by atoms with van der Waals surface area (Å²) in [5.74, 6) is -0.191. The summed E-state index contributed by atoms with van der Waals surface area (Å²) in [7, 11) is 1.48. The smallest absolute Gasteiger partial charge is 0.344 e. The standard InChI is InChI=1S/C21H16IN3O4/c1-28-19-11-14(12-24-25-20(26)15-5-4-10-23-13-15)8-9-18(19)29-21(27)16-6-2-3-7-17(16)22/h2-13H,1H3,(H,25,26)/b24-12-. The van der Waals surface area contributed by atoms with E-state index in [1.54, 1.807) is 48.7 Å². The Morgan fingerprint density at radius 1 is 1.10 bits per heavy atom. The number of carbonyl (C=O) groups excluding carboxylic acids is 2. The van der Waals surface area contributed by atoms with E-state index in [-0.39, 0.29) is 11.7 Å². The van der Waals surface area contributed by atoms with Gasteiger partial charge in [0.05, 0.1) is 24.5 Å². The molecule has 8 heteroatoms. The minimum Gasteiger partial charge on any atom is -0.493 e. The van der Waals surface area contributed by atoms with Crippen LogP contribution < -0.4 is 14.9 Å². The number of rotatable bonds is 6. The molecule has 1 amide bonds. The zero-order chi connectivity index (χ0) is 20.6. The summed E-state index contributed by atoms with van der Waals surface area (Å²) in [6, 6.07) is 15.4. The predicted molar refractivity (Wildman–Crippen MR) is 116 cm³/mol. The number of methoxy groups -OCH3 is 1. The molecule has 1 heterocycles. The summed E-state index contributed by atoms with van der Waals surface area (Å²) in [4.78, 5) is 28.2. The molecule has 1 aromatic heterocycles. The Hall–Kier alpha value is -3.27. The van der Waals surface area contributed by atoms with E-state index in [0.717, 1.165) is 3.57 Å². The van der Waals surface area contributed by atoms with Crippen LogP contribution in [0.15, 0.2) is 72.1 Å². The summed E-state index contributed by atoms with van der Waals surface area (Å²) in [5, 5.41) is 3.93. The Morgan fingerprint density at radius 2 is 1.93 bits per heavy atom. The van der Waals surface area contributed by atoms with Gasteiger partial charge in [0.15, 0.2) is 11.5 Å². The summed E-state index contributed by atoms with van der Waals surface area (Å²) >= 11 is 2.08. The fourth-order valence-electron chi connectivity index (χ4n) is 2.36. The molecule has 2 aromatic carbocycles. The fourth-order valence-corrected chi connectivity index (χ4v) is 2.97. The Labute approximate surface area is 180 Å². The normalized spacial score (nSPS) is 10.6. The zero-order valence-electron chi connectivity index (χ0n) is 15.3. The molecule has 0 fully saturated rings. The van der Waals surface area contributed by atoms with Gasteiger partial charge in [-0.3, -0.25) is 9.78 Å². The predicted octanol–water partition coefficient (Wildman–Crippen LogP) is 3.68. The molecule has 29 heavy (non-hydrogen) atoms. The number of hydrazone groups is 1. The Balaban J connectivity index is 1.69. The van der Waals surface area contributed by atoms with E-state index in [0.29, 0.717) is 22.4 Å². The topological polar surface area (TPSA) is 89.9 Å². The van der Waals surface area contributed by atoms with Gasteiger partial charge in [-0.05, 0) is 70.6 Å². The maximum absolute atomic E-state index is 12.4. The van der Waals surface area contributed by atoms with Crippen LogP contribution in [-0.2, 0) is 0 Å². The van der Waals surface area contributed by atoms with Gasteiger partial charge >= 0.3 is 5.97 Å². The second-order valence-corrected chi connectivity index (χ2v) is 6.88. The molecule has 3 rings (SSSR count). The number of benzene rings is 2. The SMILES string of the molecule is COc1cc(/C=N\NC(=O)c2cccnc2)ccc1OC(=O)c1ccccc1I. The molecule has 0 aliphatic carbocycles. The van der Waals surface area contributed by atoms with Crippen molar-refractivity contribution in [1.82, 2.24) is 10.4 Å². The molecule has 0 aliphatic heterocycles. The number of esters is 1. The van der Waals surface area contributed by atoms with Gasteiger partial charge in [-0.15, -0.1) is 0 Å². The molecule has 0 saturated heterocycles. The van der Waals surface area contributed by atoms with Gasteiger partial charge in [0.2, 0.25) is 0 Å². The van der Waals surface area contributed by atoms with Crippen molar-refractivity contribution in [3.63, 3.8) is 0 Å². The number of amides is 1. The summed E-state index contributed by atoms with van der Waals surface area (Å²) in [6.45, 7) is 0. The minimum absolute atomic E-state index is 0.286. The summed E-state index contributed by atoms with van der Waals surface area (Å²) in [6.07, 6.45) is 4.49. The molecule has 0 atom stereocenters. The number of nitrogens with one attached hydrogen (secondary N) is 1. The number of ether oxygens (including phenoxy) is 2. The highest BCUT2D eigenvalue weighted by Crippen LogP contribution is 2.28. The first-order valence-electron chi connectivity index (χ1n) is 8.46. The van der Waals surface area contributed by atoms with Crippen molar-refractivity contribution >= 4 is 40.7 Å². The van der Waals surface area contributed by atoms with E-state index in [2.05, 4.69) is 38.1 Å². The first kappa shape index (κ1) is 20.5. The molecule has 0 spiro atoms.